The molecule has 0 spiro atoms. The molecule has 1 saturated heterocycles. The lowest BCUT2D eigenvalue weighted by Gasteiger charge is -2.44. The summed E-state index contributed by atoms with van der Waals surface area (Å²) in [4.78, 5) is 18.6. The SMILES string of the molecule is O=C(CCCOc1ccccc1)C(C1CNc2ccccc2C1)N1CCN(c2cccc3c2OCCO3)CC1. The van der Waals surface area contributed by atoms with E-state index in [4.69, 9.17) is 14.2 Å². The highest BCUT2D eigenvalue weighted by Gasteiger charge is 2.37. The van der Waals surface area contributed by atoms with Crippen LogP contribution >= 0.6 is 0 Å². The van der Waals surface area contributed by atoms with Crippen LogP contribution in [0.25, 0.3) is 0 Å². The molecule has 3 aromatic carbocycles. The van der Waals surface area contributed by atoms with Gasteiger partial charge in [-0.15, -0.1) is 0 Å². The number of nitrogens with one attached hydrogen (secondary N) is 1. The van der Waals surface area contributed by atoms with E-state index in [1.807, 2.05) is 42.5 Å². The molecule has 0 aliphatic carbocycles. The monoisotopic (exact) mass is 527 g/mol. The van der Waals surface area contributed by atoms with E-state index in [9.17, 15) is 4.79 Å². The molecule has 7 heteroatoms. The van der Waals surface area contributed by atoms with Crippen LogP contribution in [0.3, 0.4) is 0 Å². The zero-order valence-corrected chi connectivity index (χ0v) is 22.4. The van der Waals surface area contributed by atoms with Gasteiger partial charge in [0.2, 0.25) is 0 Å². The van der Waals surface area contributed by atoms with Crippen LogP contribution in [-0.4, -0.2) is 69.3 Å². The van der Waals surface area contributed by atoms with Gasteiger partial charge in [-0.25, -0.2) is 0 Å². The molecular weight excluding hydrogens is 490 g/mol. The number of ketones is 1. The maximum absolute atomic E-state index is 13.8. The molecule has 39 heavy (non-hydrogen) atoms. The summed E-state index contributed by atoms with van der Waals surface area (Å²) >= 11 is 0. The Hall–Kier alpha value is -3.71. The van der Waals surface area contributed by atoms with Gasteiger partial charge < -0.3 is 24.4 Å². The topological polar surface area (TPSA) is 63.3 Å². The van der Waals surface area contributed by atoms with Gasteiger partial charge in [-0.2, -0.15) is 0 Å². The normalized spacial score (nSPS) is 19.5. The zero-order valence-electron chi connectivity index (χ0n) is 22.4. The van der Waals surface area contributed by atoms with Crippen LogP contribution < -0.4 is 24.4 Å². The second-order valence-electron chi connectivity index (χ2n) is 10.5. The minimum Gasteiger partial charge on any atom is -0.494 e. The van der Waals surface area contributed by atoms with E-state index in [1.54, 1.807) is 0 Å². The summed E-state index contributed by atoms with van der Waals surface area (Å²) in [6.45, 7) is 5.87. The standard InChI is InChI=1S/C32H37N3O4/c36-29(13-7-19-37-26-9-2-1-3-10-26)31(25-22-24-8-4-5-11-27(24)33-23-25)35-17-15-34(16-18-35)28-12-6-14-30-32(28)39-21-20-38-30/h1-6,8-12,14,25,31,33H,7,13,15-23H2. The van der Waals surface area contributed by atoms with Crippen molar-refractivity contribution in [3.63, 3.8) is 0 Å². The molecule has 0 amide bonds. The van der Waals surface area contributed by atoms with Gasteiger partial charge >= 0.3 is 0 Å². The minimum atomic E-state index is -0.117. The van der Waals surface area contributed by atoms with E-state index in [-0.39, 0.29) is 12.0 Å². The van der Waals surface area contributed by atoms with Crippen LogP contribution in [0.15, 0.2) is 72.8 Å². The first-order chi connectivity index (χ1) is 19.3. The number of hydrogen-bond donors (Lipinski definition) is 1. The average Bonchev–Trinajstić information content (AvgIpc) is 3.00. The van der Waals surface area contributed by atoms with Crippen LogP contribution in [0.4, 0.5) is 11.4 Å². The summed E-state index contributed by atoms with van der Waals surface area (Å²) in [5, 5.41) is 3.60. The van der Waals surface area contributed by atoms with E-state index >= 15 is 0 Å². The van der Waals surface area contributed by atoms with Crippen molar-refractivity contribution in [3.8, 4) is 17.2 Å². The van der Waals surface area contributed by atoms with Crippen LogP contribution in [0.1, 0.15) is 18.4 Å². The fraction of sp³-hybridized carbons (Fsp3) is 0.406. The lowest BCUT2D eigenvalue weighted by Crippen LogP contribution is -2.57. The van der Waals surface area contributed by atoms with Crippen molar-refractivity contribution < 1.29 is 19.0 Å². The maximum Gasteiger partial charge on any atom is 0.184 e. The number of carbonyl (C=O) groups is 1. The molecule has 1 fully saturated rings. The Labute approximate surface area is 230 Å². The van der Waals surface area contributed by atoms with Crippen molar-refractivity contribution >= 4 is 17.2 Å². The Balaban J connectivity index is 1.13. The molecule has 0 bridgehead atoms. The summed E-state index contributed by atoms with van der Waals surface area (Å²) in [5.74, 6) is 3.06. The first-order valence-electron chi connectivity index (χ1n) is 14.2. The Bertz CT molecular complexity index is 1260. The lowest BCUT2D eigenvalue weighted by molar-refractivity contribution is -0.126. The molecule has 0 aromatic heterocycles. The van der Waals surface area contributed by atoms with Gasteiger partial charge in [-0.3, -0.25) is 9.69 Å². The molecule has 2 unspecified atom stereocenters. The molecular formula is C32H37N3O4. The van der Waals surface area contributed by atoms with E-state index in [2.05, 4.69) is 45.4 Å². The Morgan fingerprint density at radius 1 is 0.923 bits per heavy atom. The number of carbonyl (C=O) groups excluding carboxylic acids is 1. The number of benzene rings is 3. The Morgan fingerprint density at radius 2 is 1.72 bits per heavy atom. The fourth-order valence-electron chi connectivity index (χ4n) is 6.10. The number of Topliss-reactive ketones (excluding diaryl/α,β-unsaturated/α-hetero) is 1. The molecule has 2 atom stereocenters. The van der Waals surface area contributed by atoms with Gasteiger partial charge in [-0.1, -0.05) is 42.5 Å². The van der Waals surface area contributed by atoms with Crippen LogP contribution in [0.5, 0.6) is 17.2 Å². The molecule has 3 aliphatic heterocycles. The van der Waals surface area contributed by atoms with E-state index < -0.39 is 0 Å². The number of hydrogen-bond acceptors (Lipinski definition) is 7. The predicted octanol–water partition coefficient (Wildman–Crippen LogP) is 4.66. The highest BCUT2D eigenvalue weighted by atomic mass is 16.6. The highest BCUT2D eigenvalue weighted by Crippen LogP contribution is 2.40. The van der Waals surface area contributed by atoms with Gasteiger partial charge in [0.25, 0.3) is 0 Å². The molecule has 6 rings (SSSR count). The third-order valence-electron chi connectivity index (χ3n) is 8.00. The fourth-order valence-corrected chi connectivity index (χ4v) is 6.10. The zero-order chi connectivity index (χ0) is 26.4. The number of piperazine rings is 1. The molecule has 204 valence electrons. The second-order valence-corrected chi connectivity index (χ2v) is 10.5. The predicted molar refractivity (Wildman–Crippen MR) is 153 cm³/mol. The molecule has 0 radical (unpaired) electrons. The van der Waals surface area contributed by atoms with Crippen molar-refractivity contribution in [1.82, 2.24) is 4.90 Å². The largest absolute Gasteiger partial charge is 0.494 e. The number of para-hydroxylation sites is 3. The first-order valence-corrected chi connectivity index (χ1v) is 14.2. The third-order valence-corrected chi connectivity index (χ3v) is 8.00. The van der Waals surface area contributed by atoms with Crippen molar-refractivity contribution in [2.24, 2.45) is 5.92 Å². The van der Waals surface area contributed by atoms with Gasteiger partial charge in [0.15, 0.2) is 11.5 Å². The smallest absolute Gasteiger partial charge is 0.184 e. The molecule has 7 nitrogen and oxygen atoms in total. The van der Waals surface area contributed by atoms with Crippen LogP contribution in [-0.2, 0) is 11.2 Å². The van der Waals surface area contributed by atoms with Crippen molar-refractivity contribution in [1.29, 1.82) is 0 Å². The summed E-state index contributed by atoms with van der Waals surface area (Å²) in [5.41, 5.74) is 3.57. The van der Waals surface area contributed by atoms with Crippen LogP contribution in [0, 0.1) is 5.92 Å². The lowest BCUT2D eigenvalue weighted by atomic mass is 9.84. The molecule has 3 heterocycles. The number of anilines is 2. The summed E-state index contributed by atoms with van der Waals surface area (Å²) in [7, 11) is 0. The Kier molecular flexibility index (Phi) is 7.86. The number of ether oxygens (including phenoxy) is 3. The van der Waals surface area contributed by atoms with Crippen molar-refractivity contribution in [3.05, 3.63) is 78.4 Å². The molecule has 1 N–H and O–H groups in total. The highest BCUT2D eigenvalue weighted by molar-refractivity contribution is 5.84. The average molecular weight is 528 g/mol. The summed E-state index contributed by atoms with van der Waals surface area (Å²) in [6, 6.07) is 24.3. The number of nitrogens with zero attached hydrogens (tertiary/aromatic N) is 2. The summed E-state index contributed by atoms with van der Waals surface area (Å²) in [6.07, 6.45) is 2.15. The molecule has 3 aliphatic rings. The van der Waals surface area contributed by atoms with Crippen LogP contribution in [0.2, 0.25) is 0 Å². The summed E-state index contributed by atoms with van der Waals surface area (Å²) < 4.78 is 17.7. The van der Waals surface area contributed by atoms with E-state index in [0.717, 1.165) is 62.1 Å². The van der Waals surface area contributed by atoms with E-state index in [0.29, 0.717) is 38.4 Å². The van der Waals surface area contributed by atoms with Gasteiger partial charge in [0.1, 0.15) is 24.7 Å². The minimum absolute atomic E-state index is 0.117. The molecule has 3 aromatic rings. The van der Waals surface area contributed by atoms with Crippen molar-refractivity contribution in [2.45, 2.75) is 25.3 Å². The maximum atomic E-state index is 13.8. The van der Waals surface area contributed by atoms with Gasteiger partial charge in [-0.05, 0) is 48.7 Å². The second kappa shape index (κ2) is 12.0. The number of fused-ring (bicyclic) bond motifs is 2. The molecule has 0 saturated carbocycles. The van der Waals surface area contributed by atoms with E-state index in [1.165, 1.54) is 11.3 Å². The first kappa shape index (κ1) is 25.6. The van der Waals surface area contributed by atoms with Gasteiger partial charge in [0, 0.05) is 50.7 Å². The van der Waals surface area contributed by atoms with Gasteiger partial charge in [0.05, 0.1) is 18.3 Å². The third kappa shape index (κ3) is 5.83. The van der Waals surface area contributed by atoms with Crippen molar-refractivity contribution in [2.75, 3.05) is 62.8 Å². The quantitative estimate of drug-likeness (QED) is 0.406. The number of rotatable bonds is 9. The Morgan fingerprint density at radius 3 is 2.59 bits per heavy atom.